The molecular formula is C33H41ClFN7OS. The minimum absolute atomic E-state index is 0.0729. The molecule has 8 nitrogen and oxygen atoms in total. The normalized spacial score (nSPS) is 15.2. The zero-order valence-electron chi connectivity index (χ0n) is 25.3. The first kappa shape index (κ1) is 32.2. The predicted octanol–water partition coefficient (Wildman–Crippen LogP) is 5.99. The summed E-state index contributed by atoms with van der Waals surface area (Å²) in [4.78, 5) is 24.7. The molecule has 234 valence electrons. The number of hydrogen-bond acceptors (Lipinski definition) is 6. The number of H-pyrrole nitrogens is 1. The molecule has 2 aromatic carbocycles. The van der Waals surface area contributed by atoms with Crippen molar-refractivity contribution < 1.29 is 4.39 Å². The summed E-state index contributed by atoms with van der Waals surface area (Å²) in [5, 5.41) is 4.36. The van der Waals surface area contributed by atoms with Gasteiger partial charge >= 0.3 is 5.69 Å². The van der Waals surface area contributed by atoms with Gasteiger partial charge in [-0.2, -0.15) is 16.7 Å². The van der Waals surface area contributed by atoms with Gasteiger partial charge in [-0.1, -0.05) is 23.7 Å². The zero-order valence-corrected chi connectivity index (χ0v) is 26.9. The summed E-state index contributed by atoms with van der Waals surface area (Å²) >= 11 is 8.08. The lowest BCUT2D eigenvalue weighted by Gasteiger charge is -2.18. The van der Waals surface area contributed by atoms with Gasteiger partial charge in [-0.05, 0) is 106 Å². The number of aryl methyl sites for hydroxylation is 1. The molecule has 0 saturated heterocycles. The Bertz CT molecular complexity index is 1660. The highest BCUT2D eigenvalue weighted by atomic mass is 35.5. The molecule has 0 amide bonds. The Morgan fingerprint density at radius 3 is 2.73 bits per heavy atom. The van der Waals surface area contributed by atoms with Crippen molar-refractivity contribution in [3.05, 3.63) is 81.1 Å². The molecule has 1 aliphatic rings. The van der Waals surface area contributed by atoms with Gasteiger partial charge in [-0.15, -0.1) is 0 Å². The van der Waals surface area contributed by atoms with E-state index in [0.717, 1.165) is 49.1 Å². The number of nitrogens with one attached hydrogen (secondary N) is 2. The number of nitrogens with two attached hydrogens (primary N) is 2. The molecule has 1 fully saturated rings. The molecule has 2 heterocycles. The second-order valence-electron chi connectivity index (χ2n) is 11.6. The van der Waals surface area contributed by atoms with E-state index in [-0.39, 0.29) is 17.1 Å². The largest absolute Gasteiger partial charge is 0.388 e. The number of amidine groups is 1. The molecule has 5 rings (SSSR count). The highest BCUT2D eigenvalue weighted by Gasteiger charge is 2.27. The van der Waals surface area contributed by atoms with Crippen molar-refractivity contribution in [3.63, 3.8) is 0 Å². The van der Waals surface area contributed by atoms with Crippen molar-refractivity contribution in [1.82, 2.24) is 19.9 Å². The van der Waals surface area contributed by atoms with Crippen molar-refractivity contribution in [1.29, 1.82) is 0 Å². The van der Waals surface area contributed by atoms with E-state index in [2.05, 4.69) is 26.5 Å². The van der Waals surface area contributed by atoms with Crippen LogP contribution >= 0.6 is 23.4 Å². The molecule has 44 heavy (non-hydrogen) atoms. The van der Waals surface area contributed by atoms with E-state index >= 15 is 4.39 Å². The number of aromatic amines is 1. The fraction of sp³-hybridized carbons (Fsp3) is 0.424. The maximum absolute atomic E-state index is 15.2. The Morgan fingerprint density at radius 1 is 1.25 bits per heavy atom. The topological polar surface area (TPSA) is 127 Å². The van der Waals surface area contributed by atoms with Crippen LogP contribution in [0.25, 0.3) is 28.0 Å². The van der Waals surface area contributed by atoms with Gasteiger partial charge in [0.2, 0.25) is 0 Å². The average Bonchev–Trinajstić information content (AvgIpc) is 3.78. The first-order valence-electron chi connectivity index (χ1n) is 15.2. The number of aromatic nitrogens is 3. The highest BCUT2D eigenvalue weighted by molar-refractivity contribution is 7.98. The molecule has 2 aromatic heterocycles. The Morgan fingerprint density at radius 2 is 2.02 bits per heavy atom. The first-order valence-corrected chi connectivity index (χ1v) is 17.0. The van der Waals surface area contributed by atoms with Crippen LogP contribution in [0.3, 0.4) is 0 Å². The summed E-state index contributed by atoms with van der Waals surface area (Å²) in [6.07, 6.45) is 9.79. The lowest BCUT2D eigenvalue weighted by Crippen LogP contribution is -2.25. The van der Waals surface area contributed by atoms with Crippen molar-refractivity contribution >= 4 is 40.2 Å². The molecule has 2 atom stereocenters. The summed E-state index contributed by atoms with van der Waals surface area (Å²) in [5.74, 6) is 1.66. The molecule has 2 unspecified atom stereocenters. The third-order valence-corrected chi connectivity index (χ3v) is 9.05. The quantitative estimate of drug-likeness (QED) is 0.0720. The monoisotopic (exact) mass is 637 g/mol. The van der Waals surface area contributed by atoms with Crippen LogP contribution in [0.5, 0.6) is 0 Å². The van der Waals surface area contributed by atoms with E-state index in [4.69, 9.17) is 23.1 Å². The van der Waals surface area contributed by atoms with Gasteiger partial charge in [0, 0.05) is 41.5 Å². The number of benzene rings is 2. The summed E-state index contributed by atoms with van der Waals surface area (Å²) < 4.78 is 16.7. The number of thioether (sulfide) groups is 1. The summed E-state index contributed by atoms with van der Waals surface area (Å²) in [6, 6.07) is 13.6. The fourth-order valence-corrected chi connectivity index (χ4v) is 6.42. The van der Waals surface area contributed by atoms with Gasteiger partial charge in [-0.3, -0.25) is 9.56 Å². The Kier molecular flexibility index (Phi) is 10.8. The number of rotatable bonds is 15. The van der Waals surface area contributed by atoms with Crippen LogP contribution in [-0.4, -0.2) is 51.5 Å². The van der Waals surface area contributed by atoms with Crippen LogP contribution in [0.4, 0.5) is 4.39 Å². The Labute approximate surface area is 266 Å². The Hall–Kier alpha value is -3.18. The Balaban J connectivity index is 1.33. The molecule has 0 bridgehead atoms. The van der Waals surface area contributed by atoms with Crippen LogP contribution in [0, 0.1) is 11.7 Å². The van der Waals surface area contributed by atoms with Crippen LogP contribution in [0.2, 0.25) is 5.02 Å². The third kappa shape index (κ3) is 8.10. The lowest BCUT2D eigenvalue weighted by atomic mass is 10.00. The van der Waals surface area contributed by atoms with Crippen LogP contribution in [0.1, 0.15) is 56.2 Å². The van der Waals surface area contributed by atoms with Crippen molar-refractivity contribution in [3.8, 4) is 16.9 Å². The first-order chi connectivity index (χ1) is 21.2. The summed E-state index contributed by atoms with van der Waals surface area (Å²) in [5.41, 5.74) is 15.5. The van der Waals surface area contributed by atoms with E-state index in [9.17, 15) is 4.79 Å². The van der Waals surface area contributed by atoms with Crippen molar-refractivity contribution in [2.24, 2.45) is 22.4 Å². The molecule has 0 spiro atoms. The third-order valence-electron chi connectivity index (χ3n) is 8.11. The predicted molar refractivity (Wildman–Crippen MR) is 182 cm³/mol. The number of nitrogens with zero attached hydrogens (tertiary/aromatic N) is 3. The smallest absolute Gasteiger partial charge is 0.354 e. The van der Waals surface area contributed by atoms with Crippen LogP contribution in [-0.2, 0) is 6.42 Å². The molecule has 0 aliphatic heterocycles. The van der Waals surface area contributed by atoms with E-state index in [0.29, 0.717) is 46.3 Å². The molecular weight excluding hydrogens is 597 g/mol. The van der Waals surface area contributed by atoms with E-state index in [1.165, 1.54) is 17.4 Å². The van der Waals surface area contributed by atoms with Crippen molar-refractivity contribution in [2.75, 3.05) is 25.1 Å². The maximum atomic E-state index is 15.2. The second-order valence-corrected chi connectivity index (χ2v) is 13.0. The molecule has 4 aromatic rings. The van der Waals surface area contributed by atoms with Gasteiger partial charge in [0.1, 0.15) is 5.65 Å². The lowest BCUT2D eigenvalue weighted by molar-refractivity contribution is 0.528. The number of fused-ring (bicyclic) bond motifs is 1. The molecule has 1 saturated carbocycles. The minimum Gasteiger partial charge on any atom is -0.388 e. The van der Waals surface area contributed by atoms with E-state index in [1.54, 1.807) is 30.9 Å². The van der Waals surface area contributed by atoms with Gasteiger partial charge in [0.15, 0.2) is 5.82 Å². The van der Waals surface area contributed by atoms with Crippen LogP contribution in [0.15, 0.2) is 58.4 Å². The van der Waals surface area contributed by atoms with E-state index < -0.39 is 11.5 Å². The zero-order chi connectivity index (χ0) is 31.2. The van der Waals surface area contributed by atoms with Crippen molar-refractivity contribution in [2.45, 2.75) is 57.5 Å². The molecule has 1 aliphatic carbocycles. The summed E-state index contributed by atoms with van der Waals surface area (Å²) in [6.45, 7) is 3.31. The van der Waals surface area contributed by atoms with Crippen LogP contribution < -0.4 is 22.5 Å². The highest BCUT2D eigenvalue weighted by Crippen LogP contribution is 2.34. The maximum Gasteiger partial charge on any atom is 0.354 e. The summed E-state index contributed by atoms with van der Waals surface area (Å²) in [7, 11) is 0. The van der Waals surface area contributed by atoms with Gasteiger partial charge in [0.05, 0.1) is 22.2 Å². The average molecular weight is 638 g/mol. The van der Waals surface area contributed by atoms with Gasteiger partial charge < -0.3 is 21.8 Å². The fourth-order valence-electron chi connectivity index (χ4n) is 5.53. The van der Waals surface area contributed by atoms with E-state index in [1.807, 2.05) is 36.4 Å². The minimum atomic E-state index is -0.502. The molecule has 11 heteroatoms. The van der Waals surface area contributed by atoms with Gasteiger partial charge in [-0.25, -0.2) is 9.18 Å². The second kappa shape index (κ2) is 14.7. The standard InChI is InChI=1S/C33H41ClFN7OS/c1-20(36)38-13-4-14-39-30(19-44-2)23-9-11-25(12-10-23)42-18-24-17-29(40-32(24)41-33(42)43)26-15-21(16-27(34)31(26)35)5-3-6-28(37)22-7-8-22/h9-12,15-18,22,28,30,39H,3-8,13-14,19,37H2,1-2H3,(H2,36,38)(H,40,41,43). The SMILES string of the molecule is CSCC(NCCCN=C(C)N)c1ccc(-n2cc3cc(-c4cc(CCCC(N)C5CC5)cc(Cl)c4F)[nH]c3nc2=O)cc1. The molecule has 6 N–H and O–H groups in total. The van der Waals surface area contributed by atoms with Gasteiger partial charge in [0.25, 0.3) is 0 Å². The molecule has 0 radical (unpaired) electrons. The number of hydrogen-bond donors (Lipinski definition) is 4. The number of aliphatic imine (C=N–C) groups is 1. The number of halogens is 2.